The van der Waals surface area contributed by atoms with Crippen LogP contribution in [0.5, 0.6) is 0 Å². The number of benzene rings is 2. The molecular weight excluding hydrogens is 204 g/mol. The van der Waals surface area contributed by atoms with Crippen LogP contribution in [0.1, 0.15) is 29.2 Å². The Labute approximate surface area is 104 Å². The van der Waals surface area contributed by atoms with Crippen LogP contribution >= 0.6 is 0 Å². The Bertz CT molecular complexity index is 533. The molecule has 2 rings (SSSR count). The highest BCUT2D eigenvalue weighted by molar-refractivity contribution is 5.81. The summed E-state index contributed by atoms with van der Waals surface area (Å²) in [6.45, 7) is 6.48. The van der Waals surface area contributed by atoms with Gasteiger partial charge in [-0.1, -0.05) is 60.2 Å². The molecule has 0 nitrogen and oxygen atoms in total. The summed E-state index contributed by atoms with van der Waals surface area (Å²) in [5, 5.41) is 0. The van der Waals surface area contributed by atoms with Gasteiger partial charge in [0.25, 0.3) is 0 Å². The molecule has 0 saturated heterocycles. The molecule has 0 aliphatic rings. The number of rotatable bonds is 2. The summed E-state index contributed by atoms with van der Waals surface area (Å²) in [5.41, 5.74) is 6.56. The molecule has 0 aliphatic carbocycles. The maximum absolute atomic E-state index is 2.25. The summed E-state index contributed by atoms with van der Waals surface area (Å²) in [6.07, 6.45) is 2.24. The van der Waals surface area contributed by atoms with E-state index < -0.39 is 0 Å². The third-order valence-corrected chi connectivity index (χ3v) is 3.00. The maximum atomic E-state index is 2.25. The Balaban J connectivity index is 2.40. The van der Waals surface area contributed by atoms with Crippen LogP contribution in [0.25, 0.3) is 11.6 Å². The van der Waals surface area contributed by atoms with Gasteiger partial charge in [-0.2, -0.15) is 0 Å². The molecule has 0 N–H and O–H groups in total. The van der Waals surface area contributed by atoms with Crippen LogP contribution in [0.4, 0.5) is 0 Å². The van der Waals surface area contributed by atoms with Crippen molar-refractivity contribution in [1.29, 1.82) is 0 Å². The van der Waals surface area contributed by atoms with Crippen LogP contribution in [0.3, 0.4) is 0 Å². The van der Waals surface area contributed by atoms with Gasteiger partial charge in [0.1, 0.15) is 0 Å². The van der Waals surface area contributed by atoms with Gasteiger partial charge in [-0.15, -0.1) is 0 Å². The fourth-order valence-corrected chi connectivity index (χ4v) is 2.04. The summed E-state index contributed by atoms with van der Waals surface area (Å²) in [7, 11) is 0. The van der Waals surface area contributed by atoms with Gasteiger partial charge in [0.15, 0.2) is 0 Å². The highest BCUT2D eigenvalue weighted by Gasteiger charge is 2.00. The summed E-state index contributed by atoms with van der Waals surface area (Å²) in [6, 6.07) is 17.1. The normalized spacial score (nSPS) is 11.6. The molecule has 0 aliphatic heterocycles. The molecule has 0 radical (unpaired) electrons. The molecule has 0 spiro atoms. The molecule has 2 aromatic rings. The fourth-order valence-electron chi connectivity index (χ4n) is 2.04. The first kappa shape index (κ1) is 11.7. The van der Waals surface area contributed by atoms with E-state index in [1.165, 1.54) is 27.8 Å². The molecule has 0 heterocycles. The first-order valence-corrected chi connectivity index (χ1v) is 5.98. The van der Waals surface area contributed by atoms with Crippen molar-refractivity contribution in [2.24, 2.45) is 0 Å². The van der Waals surface area contributed by atoms with E-state index in [0.29, 0.717) is 0 Å². The Kier molecular flexibility index (Phi) is 3.43. The summed E-state index contributed by atoms with van der Waals surface area (Å²) in [5.74, 6) is 0. The van der Waals surface area contributed by atoms with Gasteiger partial charge in [-0.25, -0.2) is 0 Å². The molecule has 0 saturated carbocycles. The topological polar surface area (TPSA) is 0 Å². The molecule has 0 atom stereocenters. The van der Waals surface area contributed by atoms with E-state index in [2.05, 4.69) is 69.3 Å². The molecule has 17 heavy (non-hydrogen) atoms. The third-order valence-electron chi connectivity index (χ3n) is 3.00. The Hall–Kier alpha value is -1.82. The average molecular weight is 222 g/mol. The van der Waals surface area contributed by atoms with E-state index in [1.54, 1.807) is 0 Å². The first-order chi connectivity index (χ1) is 8.16. The smallest absolute Gasteiger partial charge is 0.0195 e. The van der Waals surface area contributed by atoms with E-state index in [0.717, 1.165) is 0 Å². The third kappa shape index (κ3) is 2.85. The Morgan fingerprint density at radius 1 is 0.941 bits per heavy atom. The summed E-state index contributed by atoms with van der Waals surface area (Å²) >= 11 is 0. The standard InChI is InChI=1S/C17H18/c1-13-9-10-14(2)17(11-13)15(3)12-16-7-5-4-6-8-16/h4-12H,1-3H3/b15-12-. The van der Waals surface area contributed by atoms with Gasteiger partial charge < -0.3 is 0 Å². The minimum absolute atomic E-state index is 1.26. The van der Waals surface area contributed by atoms with Gasteiger partial charge in [0, 0.05) is 0 Å². The molecule has 0 unspecified atom stereocenters. The lowest BCUT2D eigenvalue weighted by molar-refractivity contribution is 1.36. The van der Waals surface area contributed by atoms with Crippen LogP contribution in [-0.2, 0) is 0 Å². The van der Waals surface area contributed by atoms with Gasteiger partial charge in [0.2, 0.25) is 0 Å². The maximum Gasteiger partial charge on any atom is -0.0195 e. The van der Waals surface area contributed by atoms with Crippen LogP contribution in [0, 0.1) is 13.8 Å². The number of allylic oxidation sites excluding steroid dienone is 1. The second-order valence-electron chi connectivity index (χ2n) is 4.56. The Morgan fingerprint density at radius 3 is 2.35 bits per heavy atom. The zero-order valence-electron chi connectivity index (χ0n) is 10.7. The first-order valence-electron chi connectivity index (χ1n) is 5.98. The minimum atomic E-state index is 1.26. The van der Waals surface area contributed by atoms with E-state index in [-0.39, 0.29) is 0 Å². The van der Waals surface area contributed by atoms with E-state index >= 15 is 0 Å². The van der Waals surface area contributed by atoms with Crippen molar-refractivity contribution < 1.29 is 0 Å². The predicted octanol–water partition coefficient (Wildman–Crippen LogP) is 4.86. The van der Waals surface area contributed by atoms with Crippen LogP contribution in [-0.4, -0.2) is 0 Å². The van der Waals surface area contributed by atoms with E-state index in [1.807, 2.05) is 6.07 Å². The number of aryl methyl sites for hydroxylation is 2. The summed E-state index contributed by atoms with van der Waals surface area (Å²) in [4.78, 5) is 0. The van der Waals surface area contributed by atoms with Crippen molar-refractivity contribution >= 4 is 11.6 Å². The summed E-state index contributed by atoms with van der Waals surface area (Å²) < 4.78 is 0. The van der Waals surface area contributed by atoms with Crippen molar-refractivity contribution in [3.8, 4) is 0 Å². The monoisotopic (exact) mass is 222 g/mol. The second kappa shape index (κ2) is 5.01. The van der Waals surface area contributed by atoms with Crippen molar-refractivity contribution in [2.45, 2.75) is 20.8 Å². The minimum Gasteiger partial charge on any atom is -0.0622 e. The van der Waals surface area contributed by atoms with Crippen LogP contribution < -0.4 is 0 Å². The van der Waals surface area contributed by atoms with Gasteiger partial charge >= 0.3 is 0 Å². The van der Waals surface area contributed by atoms with Crippen molar-refractivity contribution in [3.63, 3.8) is 0 Å². The second-order valence-corrected chi connectivity index (χ2v) is 4.56. The van der Waals surface area contributed by atoms with Crippen molar-refractivity contribution in [3.05, 3.63) is 70.8 Å². The van der Waals surface area contributed by atoms with Gasteiger partial charge in [-0.05, 0) is 43.0 Å². The highest BCUT2D eigenvalue weighted by atomic mass is 14.1. The molecule has 86 valence electrons. The lowest BCUT2D eigenvalue weighted by Gasteiger charge is -2.07. The lowest BCUT2D eigenvalue weighted by atomic mass is 9.98. The quantitative estimate of drug-likeness (QED) is 0.636. The predicted molar refractivity (Wildman–Crippen MR) is 75.9 cm³/mol. The van der Waals surface area contributed by atoms with Crippen LogP contribution in [0.2, 0.25) is 0 Å². The van der Waals surface area contributed by atoms with E-state index in [4.69, 9.17) is 0 Å². The zero-order chi connectivity index (χ0) is 12.3. The molecule has 0 aromatic heterocycles. The molecule has 0 fully saturated rings. The fraction of sp³-hybridized carbons (Fsp3) is 0.176. The average Bonchev–Trinajstić information content (AvgIpc) is 2.33. The van der Waals surface area contributed by atoms with Crippen LogP contribution in [0.15, 0.2) is 48.5 Å². The molecule has 0 bridgehead atoms. The van der Waals surface area contributed by atoms with E-state index in [9.17, 15) is 0 Å². The zero-order valence-corrected chi connectivity index (χ0v) is 10.7. The molecular formula is C17H18. The Morgan fingerprint density at radius 2 is 1.65 bits per heavy atom. The lowest BCUT2D eigenvalue weighted by Crippen LogP contribution is -1.87. The number of hydrogen-bond donors (Lipinski definition) is 0. The molecule has 0 amide bonds. The van der Waals surface area contributed by atoms with Gasteiger partial charge in [0.05, 0.1) is 0 Å². The number of hydrogen-bond acceptors (Lipinski definition) is 0. The molecule has 0 heteroatoms. The largest absolute Gasteiger partial charge is 0.0622 e. The SMILES string of the molecule is C/C(=C/c1ccccc1)c1cc(C)ccc1C. The van der Waals surface area contributed by atoms with Gasteiger partial charge in [-0.3, -0.25) is 0 Å². The van der Waals surface area contributed by atoms with Crippen molar-refractivity contribution in [2.75, 3.05) is 0 Å². The molecule has 2 aromatic carbocycles. The highest BCUT2D eigenvalue weighted by Crippen LogP contribution is 2.22. The van der Waals surface area contributed by atoms with Crippen molar-refractivity contribution in [1.82, 2.24) is 0 Å².